The SMILES string of the molecule is COCCN(CCOC)C(=O)c1ccnc(NN)c1. The van der Waals surface area contributed by atoms with Gasteiger partial charge in [-0.05, 0) is 12.1 Å². The lowest BCUT2D eigenvalue weighted by Crippen LogP contribution is -2.36. The van der Waals surface area contributed by atoms with Crippen LogP contribution in [0.5, 0.6) is 0 Å². The summed E-state index contributed by atoms with van der Waals surface area (Å²) in [4.78, 5) is 18.0. The predicted octanol–water partition coefficient (Wildman–Crippen LogP) is 0.102. The van der Waals surface area contributed by atoms with E-state index in [1.165, 1.54) is 6.20 Å². The number of rotatable bonds is 8. The van der Waals surface area contributed by atoms with Gasteiger partial charge in [0.1, 0.15) is 5.82 Å². The number of hydrogen-bond acceptors (Lipinski definition) is 6. The van der Waals surface area contributed by atoms with Crippen molar-refractivity contribution in [3.63, 3.8) is 0 Å². The van der Waals surface area contributed by atoms with Gasteiger partial charge in [-0.2, -0.15) is 0 Å². The molecule has 1 rings (SSSR count). The minimum Gasteiger partial charge on any atom is -0.383 e. The molecule has 7 nitrogen and oxygen atoms in total. The highest BCUT2D eigenvalue weighted by Crippen LogP contribution is 2.09. The number of hydrazine groups is 1. The Morgan fingerprint density at radius 2 is 2.00 bits per heavy atom. The van der Waals surface area contributed by atoms with E-state index in [2.05, 4.69) is 10.4 Å². The first-order valence-corrected chi connectivity index (χ1v) is 5.92. The third-order valence-corrected chi connectivity index (χ3v) is 2.57. The zero-order valence-electron chi connectivity index (χ0n) is 11.3. The van der Waals surface area contributed by atoms with Gasteiger partial charge in [0.2, 0.25) is 0 Å². The summed E-state index contributed by atoms with van der Waals surface area (Å²) in [5.41, 5.74) is 2.94. The van der Waals surface area contributed by atoms with Crippen molar-refractivity contribution in [1.82, 2.24) is 9.88 Å². The summed E-state index contributed by atoms with van der Waals surface area (Å²) >= 11 is 0. The van der Waals surface area contributed by atoms with Crippen LogP contribution in [0.25, 0.3) is 0 Å². The number of methoxy groups -OCH3 is 2. The van der Waals surface area contributed by atoms with Crippen LogP contribution in [0.3, 0.4) is 0 Å². The van der Waals surface area contributed by atoms with Crippen LogP contribution in [0.2, 0.25) is 0 Å². The standard InChI is InChI=1S/C12H20N4O3/c1-18-7-5-16(6-8-19-2)12(17)10-3-4-14-11(9-10)15-13/h3-4,9H,5-8,13H2,1-2H3,(H,14,15). The predicted molar refractivity (Wildman–Crippen MR) is 71.7 cm³/mol. The largest absolute Gasteiger partial charge is 0.383 e. The highest BCUT2D eigenvalue weighted by molar-refractivity contribution is 5.94. The summed E-state index contributed by atoms with van der Waals surface area (Å²) in [6.45, 7) is 1.96. The van der Waals surface area contributed by atoms with Crippen molar-refractivity contribution in [3.8, 4) is 0 Å². The quantitative estimate of drug-likeness (QED) is 0.513. The molecule has 1 heterocycles. The third-order valence-electron chi connectivity index (χ3n) is 2.57. The van der Waals surface area contributed by atoms with Crippen LogP contribution in [-0.2, 0) is 9.47 Å². The highest BCUT2D eigenvalue weighted by Gasteiger charge is 2.15. The number of pyridine rings is 1. The lowest BCUT2D eigenvalue weighted by atomic mass is 10.2. The van der Waals surface area contributed by atoms with E-state index in [4.69, 9.17) is 15.3 Å². The van der Waals surface area contributed by atoms with E-state index in [0.29, 0.717) is 37.7 Å². The minimum atomic E-state index is -0.104. The Morgan fingerprint density at radius 3 is 2.53 bits per heavy atom. The first kappa shape index (κ1) is 15.4. The van der Waals surface area contributed by atoms with Crippen LogP contribution in [0.1, 0.15) is 10.4 Å². The van der Waals surface area contributed by atoms with Gasteiger partial charge in [-0.3, -0.25) is 4.79 Å². The summed E-state index contributed by atoms with van der Waals surface area (Å²) in [6.07, 6.45) is 1.53. The summed E-state index contributed by atoms with van der Waals surface area (Å²) in [5, 5.41) is 0. The molecule has 106 valence electrons. The van der Waals surface area contributed by atoms with Crippen molar-refractivity contribution in [2.24, 2.45) is 5.84 Å². The number of carbonyl (C=O) groups is 1. The van der Waals surface area contributed by atoms with Gasteiger partial charge >= 0.3 is 0 Å². The second kappa shape index (κ2) is 8.41. The number of hydrogen-bond donors (Lipinski definition) is 2. The average molecular weight is 268 g/mol. The second-order valence-corrected chi connectivity index (χ2v) is 3.85. The second-order valence-electron chi connectivity index (χ2n) is 3.85. The molecule has 0 atom stereocenters. The lowest BCUT2D eigenvalue weighted by molar-refractivity contribution is 0.0627. The Hall–Kier alpha value is -1.70. The molecule has 0 spiro atoms. The Morgan fingerprint density at radius 1 is 1.37 bits per heavy atom. The lowest BCUT2D eigenvalue weighted by Gasteiger charge is -2.22. The first-order valence-electron chi connectivity index (χ1n) is 5.92. The fourth-order valence-electron chi connectivity index (χ4n) is 1.54. The van der Waals surface area contributed by atoms with Gasteiger partial charge in [-0.15, -0.1) is 0 Å². The molecule has 0 radical (unpaired) electrons. The number of nitrogen functional groups attached to an aromatic ring is 1. The molecule has 0 bridgehead atoms. The third kappa shape index (κ3) is 4.82. The summed E-state index contributed by atoms with van der Waals surface area (Å²) in [6, 6.07) is 3.25. The smallest absolute Gasteiger partial charge is 0.254 e. The van der Waals surface area contributed by atoms with Crippen molar-refractivity contribution in [2.45, 2.75) is 0 Å². The number of anilines is 1. The fraction of sp³-hybridized carbons (Fsp3) is 0.500. The van der Waals surface area contributed by atoms with Gasteiger partial charge < -0.3 is 19.8 Å². The number of nitrogens with two attached hydrogens (primary N) is 1. The van der Waals surface area contributed by atoms with Gasteiger partial charge in [0.05, 0.1) is 13.2 Å². The molecule has 1 amide bonds. The molecule has 0 saturated heterocycles. The maximum absolute atomic E-state index is 12.3. The average Bonchev–Trinajstić information content (AvgIpc) is 2.47. The molecule has 7 heteroatoms. The van der Waals surface area contributed by atoms with E-state index < -0.39 is 0 Å². The maximum atomic E-state index is 12.3. The zero-order valence-corrected chi connectivity index (χ0v) is 11.3. The monoisotopic (exact) mass is 268 g/mol. The van der Waals surface area contributed by atoms with Crippen LogP contribution in [0.15, 0.2) is 18.3 Å². The molecule has 0 fully saturated rings. The van der Waals surface area contributed by atoms with Crippen molar-refractivity contribution in [2.75, 3.05) is 45.9 Å². The van der Waals surface area contributed by atoms with E-state index in [-0.39, 0.29) is 5.91 Å². The van der Waals surface area contributed by atoms with Crippen molar-refractivity contribution in [1.29, 1.82) is 0 Å². The van der Waals surface area contributed by atoms with E-state index in [1.807, 2.05) is 0 Å². The molecule has 0 aliphatic carbocycles. The number of ether oxygens (including phenoxy) is 2. The van der Waals surface area contributed by atoms with E-state index in [0.717, 1.165) is 0 Å². The normalized spacial score (nSPS) is 10.3. The van der Waals surface area contributed by atoms with E-state index in [9.17, 15) is 4.79 Å². The fourth-order valence-corrected chi connectivity index (χ4v) is 1.54. The van der Waals surface area contributed by atoms with Crippen LogP contribution >= 0.6 is 0 Å². The summed E-state index contributed by atoms with van der Waals surface area (Å²) in [7, 11) is 3.20. The van der Waals surface area contributed by atoms with Gasteiger partial charge in [0.25, 0.3) is 5.91 Å². The Labute approximate surface area is 112 Å². The number of nitrogens with one attached hydrogen (secondary N) is 1. The molecule has 1 aromatic rings. The van der Waals surface area contributed by atoms with Gasteiger partial charge in [0.15, 0.2) is 0 Å². The van der Waals surface area contributed by atoms with E-state index >= 15 is 0 Å². The van der Waals surface area contributed by atoms with E-state index in [1.54, 1.807) is 31.3 Å². The number of carbonyl (C=O) groups excluding carboxylic acids is 1. The molecule has 0 aromatic carbocycles. The highest BCUT2D eigenvalue weighted by atomic mass is 16.5. The number of aromatic nitrogens is 1. The van der Waals surface area contributed by atoms with Gasteiger partial charge in [-0.1, -0.05) is 0 Å². The van der Waals surface area contributed by atoms with Crippen molar-refractivity contribution < 1.29 is 14.3 Å². The molecule has 3 N–H and O–H groups in total. The Balaban J connectivity index is 2.77. The summed E-state index contributed by atoms with van der Waals surface area (Å²) in [5.74, 6) is 5.62. The summed E-state index contributed by atoms with van der Waals surface area (Å²) < 4.78 is 10.0. The first-order chi connectivity index (χ1) is 9.22. The molecule has 0 saturated carbocycles. The molecule has 1 aromatic heterocycles. The van der Waals surface area contributed by atoms with Crippen LogP contribution in [0, 0.1) is 0 Å². The van der Waals surface area contributed by atoms with Gasteiger partial charge in [-0.25, -0.2) is 10.8 Å². The Kier molecular flexibility index (Phi) is 6.80. The van der Waals surface area contributed by atoms with Crippen LogP contribution in [-0.4, -0.2) is 56.3 Å². The number of amides is 1. The Bertz CT molecular complexity index is 392. The van der Waals surface area contributed by atoms with Crippen molar-refractivity contribution >= 4 is 11.7 Å². The number of nitrogens with zero attached hydrogens (tertiary/aromatic N) is 2. The maximum Gasteiger partial charge on any atom is 0.254 e. The molecule has 19 heavy (non-hydrogen) atoms. The van der Waals surface area contributed by atoms with Crippen LogP contribution in [0.4, 0.5) is 5.82 Å². The molecular formula is C12H20N4O3. The molecular weight excluding hydrogens is 248 g/mol. The van der Waals surface area contributed by atoms with Crippen molar-refractivity contribution in [3.05, 3.63) is 23.9 Å². The minimum absolute atomic E-state index is 0.104. The molecule has 0 unspecified atom stereocenters. The van der Waals surface area contributed by atoms with Crippen LogP contribution < -0.4 is 11.3 Å². The molecule has 0 aliphatic rings. The zero-order chi connectivity index (χ0) is 14.1. The van der Waals surface area contributed by atoms with Gasteiger partial charge in [0, 0.05) is 39.1 Å². The topological polar surface area (TPSA) is 89.7 Å². The molecule has 0 aliphatic heterocycles.